The molecule has 224 valence electrons. The van der Waals surface area contributed by atoms with Crippen molar-refractivity contribution in [3.8, 4) is 5.75 Å². The first kappa shape index (κ1) is 31.2. The van der Waals surface area contributed by atoms with Crippen LogP contribution < -0.4 is 9.64 Å². The molecule has 41 heavy (non-hydrogen) atoms. The standard InChI is InChI=1S/C32H44N2O6S/c1-7-10-11-19-40-30(38)26-25-28(36)34(24(20-35)21(4)9-3)27(32(25)17-16-31(26,5)41-32)29(37)33(18-8-2)22-12-14-23(39-6)15-13-22/h7-8,12-15,21,24-27,35H,1-2,9-11,16-20H2,3-6H3/t21-,24-,25-,26+,27?,31-,32?/m0/s1. The highest BCUT2D eigenvalue weighted by Gasteiger charge is 2.78. The Labute approximate surface area is 248 Å². The molecule has 0 aromatic heterocycles. The van der Waals surface area contributed by atoms with Crippen LogP contribution in [0.25, 0.3) is 0 Å². The lowest BCUT2D eigenvalue weighted by atomic mass is 9.66. The molecular weight excluding hydrogens is 540 g/mol. The minimum absolute atomic E-state index is 0.0505. The van der Waals surface area contributed by atoms with Crippen LogP contribution in [0.15, 0.2) is 49.6 Å². The molecule has 2 bridgehead atoms. The first-order valence-electron chi connectivity index (χ1n) is 14.6. The van der Waals surface area contributed by atoms with E-state index in [1.807, 2.05) is 32.9 Å². The number of nitrogens with zero attached hydrogens (tertiary/aromatic N) is 2. The quantitative estimate of drug-likeness (QED) is 0.194. The summed E-state index contributed by atoms with van der Waals surface area (Å²) in [6, 6.07) is 5.82. The second kappa shape index (κ2) is 12.6. The Morgan fingerprint density at radius 2 is 1.95 bits per heavy atom. The minimum Gasteiger partial charge on any atom is -0.497 e. The average molecular weight is 585 g/mol. The van der Waals surface area contributed by atoms with Gasteiger partial charge in [0.05, 0.1) is 42.9 Å². The maximum Gasteiger partial charge on any atom is 0.311 e. The predicted octanol–water partition coefficient (Wildman–Crippen LogP) is 4.61. The van der Waals surface area contributed by atoms with Gasteiger partial charge < -0.3 is 24.4 Å². The highest BCUT2D eigenvalue weighted by Crippen LogP contribution is 2.72. The Kier molecular flexibility index (Phi) is 9.59. The van der Waals surface area contributed by atoms with Crippen LogP contribution in [-0.4, -0.2) is 76.2 Å². The summed E-state index contributed by atoms with van der Waals surface area (Å²) in [5, 5.41) is 10.6. The zero-order chi connectivity index (χ0) is 29.9. The largest absolute Gasteiger partial charge is 0.497 e. The zero-order valence-corrected chi connectivity index (χ0v) is 25.5. The van der Waals surface area contributed by atoms with Crippen LogP contribution in [0, 0.1) is 17.8 Å². The number of fused-ring (bicyclic) bond motifs is 1. The summed E-state index contributed by atoms with van der Waals surface area (Å²) >= 11 is 1.61. The van der Waals surface area contributed by atoms with E-state index >= 15 is 0 Å². The van der Waals surface area contributed by atoms with Crippen molar-refractivity contribution in [2.45, 2.75) is 74.5 Å². The van der Waals surface area contributed by atoms with Gasteiger partial charge in [-0.1, -0.05) is 32.4 Å². The highest BCUT2D eigenvalue weighted by atomic mass is 32.2. The Morgan fingerprint density at radius 1 is 1.24 bits per heavy atom. The summed E-state index contributed by atoms with van der Waals surface area (Å²) in [7, 11) is 1.59. The first-order valence-corrected chi connectivity index (χ1v) is 15.4. The fourth-order valence-electron chi connectivity index (χ4n) is 7.02. The number of hydrogen-bond acceptors (Lipinski definition) is 7. The predicted molar refractivity (Wildman–Crippen MR) is 162 cm³/mol. The Hall–Kier alpha value is -2.78. The maximum absolute atomic E-state index is 14.8. The van der Waals surface area contributed by atoms with E-state index in [1.54, 1.807) is 53.0 Å². The van der Waals surface area contributed by atoms with Gasteiger partial charge in [-0.05, 0) is 62.8 Å². The molecule has 3 saturated heterocycles. The number of allylic oxidation sites excluding steroid dienone is 1. The fourth-order valence-corrected chi connectivity index (χ4v) is 9.35. The Bertz CT molecular complexity index is 1160. The van der Waals surface area contributed by atoms with Crippen molar-refractivity contribution in [2.75, 3.05) is 31.8 Å². The number of aliphatic hydroxyl groups is 1. The van der Waals surface area contributed by atoms with Crippen molar-refractivity contribution < 1.29 is 29.0 Å². The molecule has 1 N–H and O–H groups in total. The minimum atomic E-state index is -0.849. The summed E-state index contributed by atoms with van der Waals surface area (Å²) in [6.45, 7) is 13.9. The lowest BCUT2D eigenvalue weighted by molar-refractivity contribution is -0.156. The summed E-state index contributed by atoms with van der Waals surface area (Å²) < 4.78 is 9.71. The Morgan fingerprint density at radius 3 is 2.54 bits per heavy atom. The molecule has 0 radical (unpaired) electrons. The van der Waals surface area contributed by atoms with Gasteiger partial charge in [-0.2, -0.15) is 0 Å². The number of esters is 1. The summed E-state index contributed by atoms with van der Waals surface area (Å²) in [4.78, 5) is 46.2. The molecule has 1 aromatic rings. The van der Waals surface area contributed by atoms with E-state index < -0.39 is 33.4 Å². The van der Waals surface area contributed by atoms with Gasteiger partial charge in [-0.25, -0.2) is 0 Å². The van der Waals surface area contributed by atoms with Crippen LogP contribution in [0.3, 0.4) is 0 Å². The number of ether oxygens (including phenoxy) is 2. The third-order valence-electron chi connectivity index (χ3n) is 9.31. The molecule has 2 amide bonds. The maximum atomic E-state index is 14.8. The molecule has 9 heteroatoms. The molecule has 3 aliphatic rings. The number of carbonyl (C=O) groups excluding carboxylic acids is 3. The van der Waals surface area contributed by atoms with Gasteiger partial charge in [-0.15, -0.1) is 24.9 Å². The number of rotatable bonds is 14. The molecule has 3 aliphatic heterocycles. The first-order chi connectivity index (χ1) is 19.6. The number of anilines is 1. The van der Waals surface area contributed by atoms with E-state index in [0.717, 1.165) is 12.8 Å². The summed E-state index contributed by atoms with van der Waals surface area (Å²) in [6.07, 6.45) is 6.90. The summed E-state index contributed by atoms with van der Waals surface area (Å²) in [5.41, 5.74) is 0.661. The number of likely N-dealkylation sites (tertiary alicyclic amines) is 1. The van der Waals surface area contributed by atoms with Gasteiger partial charge in [0.2, 0.25) is 5.91 Å². The highest BCUT2D eigenvalue weighted by molar-refractivity contribution is 8.02. The van der Waals surface area contributed by atoms with Crippen molar-refractivity contribution in [2.24, 2.45) is 17.8 Å². The van der Waals surface area contributed by atoms with Crippen LogP contribution in [0.1, 0.15) is 52.9 Å². The fraction of sp³-hybridized carbons (Fsp3) is 0.594. The third-order valence-corrected chi connectivity index (χ3v) is 11.3. The number of unbranched alkanes of at least 4 members (excludes halogenated alkanes) is 1. The molecule has 7 atom stereocenters. The zero-order valence-electron chi connectivity index (χ0n) is 24.7. The SMILES string of the molecule is C=CCCCOC(=O)[C@H]1[C@H]2C(=O)N([C@@H](CO)[C@@H](C)CC)C(C(=O)N(CC=C)c3ccc(OC)cc3)C23CC[C@]1(C)S3. The van der Waals surface area contributed by atoms with Crippen LogP contribution in [0.5, 0.6) is 5.75 Å². The smallest absolute Gasteiger partial charge is 0.311 e. The number of hydrogen-bond donors (Lipinski definition) is 1. The lowest BCUT2D eigenvalue weighted by Crippen LogP contribution is -2.58. The van der Waals surface area contributed by atoms with Crippen molar-refractivity contribution in [1.29, 1.82) is 0 Å². The molecule has 3 fully saturated rings. The molecule has 4 rings (SSSR count). The third kappa shape index (κ3) is 5.31. The topological polar surface area (TPSA) is 96.4 Å². The summed E-state index contributed by atoms with van der Waals surface area (Å²) in [5.74, 6) is -1.59. The molecular formula is C32H44N2O6S. The molecule has 0 saturated carbocycles. The number of methoxy groups -OCH3 is 1. The number of benzene rings is 1. The van der Waals surface area contributed by atoms with E-state index in [-0.39, 0.29) is 43.5 Å². The van der Waals surface area contributed by atoms with Gasteiger partial charge in [-0.3, -0.25) is 14.4 Å². The van der Waals surface area contributed by atoms with E-state index in [9.17, 15) is 19.5 Å². The number of aliphatic hydroxyl groups excluding tert-OH is 1. The second-order valence-electron chi connectivity index (χ2n) is 11.6. The van der Waals surface area contributed by atoms with Gasteiger partial charge >= 0.3 is 5.97 Å². The average Bonchev–Trinajstić information content (AvgIpc) is 3.54. The second-order valence-corrected chi connectivity index (χ2v) is 13.5. The van der Waals surface area contributed by atoms with Crippen LogP contribution in [-0.2, 0) is 19.1 Å². The van der Waals surface area contributed by atoms with Gasteiger partial charge in [0.25, 0.3) is 5.91 Å². The van der Waals surface area contributed by atoms with Crippen LogP contribution >= 0.6 is 11.8 Å². The van der Waals surface area contributed by atoms with Gasteiger partial charge in [0.1, 0.15) is 11.8 Å². The van der Waals surface area contributed by atoms with Crippen molar-refractivity contribution in [1.82, 2.24) is 4.90 Å². The number of thioether (sulfide) groups is 1. The molecule has 3 heterocycles. The Balaban J connectivity index is 1.79. The van der Waals surface area contributed by atoms with E-state index in [2.05, 4.69) is 13.2 Å². The molecule has 8 nitrogen and oxygen atoms in total. The van der Waals surface area contributed by atoms with Gasteiger partial charge in [0, 0.05) is 17.0 Å². The number of carbonyl (C=O) groups is 3. The van der Waals surface area contributed by atoms with Crippen molar-refractivity contribution in [3.63, 3.8) is 0 Å². The molecule has 2 unspecified atom stereocenters. The van der Waals surface area contributed by atoms with Gasteiger partial charge in [0.15, 0.2) is 0 Å². The van der Waals surface area contributed by atoms with Crippen LogP contribution in [0.4, 0.5) is 5.69 Å². The van der Waals surface area contributed by atoms with E-state index in [4.69, 9.17) is 9.47 Å². The normalized spacial score (nSPS) is 29.5. The van der Waals surface area contributed by atoms with Crippen LogP contribution in [0.2, 0.25) is 0 Å². The molecule has 1 aromatic carbocycles. The van der Waals surface area contributed by atoms with Crippen molar-refractivity contribution in [3.05, 3.63) is 49.6 Å². The number of amides is 2. The monoisotopic (exact) mass is 584 g/mol. The molecule has 0 aliphatic carbocycles. The van der Waals surface area contributed by atoms with Crippen molar-refractivity contribution >= 4 is 35.2 Å². The van der Waals surface area contributed by atoms with E-state index in [0.29, 0.717) is 30.7 Å². The lowest BCUT2D eigenvalue weighted by Gasteiger charge is -2.41. The van der Waals surface area contributed by atoms with E-state index in [1.165, 1.54) is 0 Å². The molecule has 1 spiro atoms.